The lowest BCUT2D eigenvalue weighted by atomic mass is 9.80. The molecule has 6 heterocycles. The summed E-state index contributed by atoms with van der Waals surface area (Å²) in [5.74, 6) is 2.20. The van der Waals surface area contributed by atoms with Crippen molar-refractivity contribution in [3.8, 4) is 11.4 Å². The van der Waals surface area contributed by atoms with Gasteiger partial charge in [0.15, 0.2) is 5.82 Å². The van der Waals surface area contributed by atoms with Gasteiger partial charge in [0.2, 0.25) is 5.28 Å². The molecule has 2 saturated heterocycles. The van der Waals surface area contributed by atoms with Crippen molar-refractivity contribution in [3.63, 3.8) is 0 Å². The van der Waals surface area contributed by atoms with Crippen LogP contribution in [0.25, 0.3) is 31.8 Å². The van der Waals surface area contributed by atoms with Crippen molar-refractivity contribution in [3.05, 3.63) is 155 Å². The van der Waals surface area contributed by atoms with Gasteiger partial charge >= 0.3 is 7.12 Å². The number of aromatic nitrogens is 4. The normalized spacial score (nSPS) is 16.3. The minimum atomic E-state index is -1.40. The number of fused-ring (bicyclic) bond motifs is 2. The summed E-state index contributed by atoms with van der Waals surface area (Å²) in [6, 6.07) is 30.5. The molecular formula is C50H50BCl5N8O4S2. The van der Waals surface area contributed by atoms with Gasteiger partial charge in [-0.2, -0.15) is 4.98 Å². The average molecular weight is 1080 g/mol. The summed E-state index contributed by atoms with van der Waals surface area (Å²) in [7, 11) is -1.40. The van der Waals surface area contributed by atoms with Crippen molar-refractivity contribution >= 4 is 125 Å². The number of thiophene rings is 2. The van der Waals surface area contributed by atoms with Gasteiger partial charge in [-0.25, -0.2) is 15.0 Å². The third-order valence-electron chi connectivity index (χ3n) is 11.8. The summed E-state index contributed by atoms with van der Waals surface area (Å²) in [6.07, 6.45) is 0.197. The Bertz CT molecular complexity index is 2990. The van der Waals surface area contributed by atoms with Crippen molar-refractivity contribution in [2.24, 2.45) is 0 Å². The number of rotatable bonds is 12. The number of nitrogens with zero attached hydrogens (tertiary/aromatic N) is 6. The van der Waals surface area contributed by atoms with Crippen LogP contribution < -0.4 is 16.1 Å². The van der Waals surface area contributed by atoms with E-state index in [4.69, 9.17) is 87.5 Å². The molecule has 12 nitrogen and oxygen atoms in total. The highest BCUT2D eigenvalue weighted by Gasteiger charge is 2.23. The van der Waals surface area contributed by atoms with Crippen LogP contribution >= 0.6 is 80.7 Å². The lowest BCUT2D eigenvalue weighted by Gasteiger charge is -2.32. The maximum atomic E-state index is 9.02. The van der Waals surface area contributed by atoms with Crippen LogP contribution in [0.3, 0.4) is 0 Å². The first-order chi connectivity index (χ1) is 33.9. The molecule has 4 aromatic carbocycles. The second-order valence-corrected chi connectivity index (χ2v) is 20.2. The molecule has 2 fully saturated rings. The van der Waals surface area contributed by atoms with Crippen LogP contribution in [0, 0.1) is 0 Å². The molecule has 2 atom stereocenters. The van der Waals surface area contributed by atoms with Crippen LogP contribution in [0.1, 0.15) is 48.3 Å². The van der Waals surface area contributed by atoms with E-state index in [1.165, 1.54) is 5.56 Å². The third kappa shape index (κ3) is 13.7. The summed E-state index contributed by atoms with van der Waals surface area (Å²) in [6.45, 7) is 12.8. The zero-order valence-corrected chi connectivity index (χ0v) is 43.7. The van der Waals surface area contributed by atoms with E-state index in [9.17, 15) is 0 Å². The van der Waals surface area contributed by atoms with Crippen molar-refractivity contribution in [2.45, 2.75) is 39.1 Å². The molecule has 0 amide bonds. The van der Waals surface area contributed by atoms with E-state index >= 15 is 0 Å². The topological polar surface area (TPSA) is 141 Å². The van der Waals surface area contributed by atoms with Crippen LogP contribution in [-0.2, 0) is 22.6 Å². The van der Waals surface area contributed by atoms with Crippen molar-refractivity contribution in [1.29, 1.82) is 0 Å². The summed E-state index contributed by atoms with van der Waals surface area (Å²) < 4.78 is 13.7. The first kappa shape index (κ1) is 52.2. The van der Waals surface area contributed by atoms with Gasteiger partial charge in [0.25, 0.3) is 0 Å². The molecule has 0 bridgehead atoms. The maximum absolute atomic E-state index is 9.02. The maximum Gasteiger partial charge on any atom is 0.488 e. The molecule has 0 radical (unpaired) electrons. The second-order valence-electron chi connectivity index (χ2n) is 16.4. The van der Waals surface area contributed by atoms with E-state index < -0.39 is 7.12 Å². The molecule has 364 valence electrons. The minimum Gasteiger partial charge on any atom is -0.423 e. The number of ether oxygens (including phenoxy) is 2. The van der Waals surface area contributed by atoms with E-state index in [0.29, 0.717) is 50.3 Å². The number of nitrogens with one attached hydrogen (secondary N) is 2. The number of hydrogen-bond acceptors (Lipinski definition) is 14. The summed E-state index contributed by atoms with van der Waals surface area (Å²) in [5, 5.41) is 31.4. The smallest absolute Gasteiger partial charge is 0.423 e. The third-order valence-corrected chi connectivity index (χ3v) is 15.0. The first-order valence-electron chi connectivity index (χ1n) is 22.7. The largest absolute Gasteiger partial charge is 0.488 e. The number of anilines is 2. The molecule has 0 saturated carbocycles. The van der Waals surface area contributed by atoms with Crippen LogP contribution in [0.15, 0.2) is 108 Å². The van der Waals surface area contributed by atoms with Gasteiger partial charge in [-0.3, -0.25) is 9.80 Å². The van der Waals surface area contributed by atoms with Gasteiger partial charge in [-0.05, 0) is 99.6 Å². The average Bonchev–Trinajstić information content (AvgIpc) is 4.07. The van der Waals surface area contributed by atoms with Crippen LogP contribution in [0.2, 0.25) is 25.4 Å². The molecule has 8 aromatic rings. The van der Waals surface area contributed by atoms with Gasteiger partial charge in [0.1, 0.15) is 11.6 Å². The fourth-order valence-corrected chi connectivity index (χ4v) is 10.6. The molecule has 4 N–H and O–H groups in total. The predicted octanol–water partition coefficient (Wildman–Crippen LogP) is 11.7. The van der Waals surface area contributed by atoms with E-state index in [1.54, 1.807) is 53.0 Å². The predicted molar refractivity (Wildman–Crippen MR) is 291 cm³/mol. The van der Waals surface area contributed by atoms with Crippen molar-refractivity contribution in [2.75, 3.05) is 63.1 Å². The molecule has 70 heavy (non-hydrogen) atoms. The monoisotopic (exact) mass is 1080 g/mol. The lowest BCUT2D eigenvalue weighted by molar-refractivity contribution is -0.0282. The molecule has 2 aliphatic heterocycles. The van der Waals surface area contributed by atoms with Gasteiger partial charge in [-0.1, -0.05) is 121 Å². The Kier molecular flexibility index (Phi) is 18.6. The quantitative estimate of drug-likeness (QED) is 0.0684. The number of likely N-dealkylation sites (N-methyl/N-ethyl adjacent to an activating group) is 2. The molecule has 0 spiro atoms. The van der Waals surface area contributed by atoms with Crippen LogP contribution in [0.5, 0.6) is 0 Å². The summed E-state index contributed by atoms with van der Waals surface area (Å²) >= 11 is 33.5. The highest BCUT2D eigenvalue weighted by molar-refractivity contribution is 7.18. The Morgan fingerprint density at radius 1 is 0.614 bits per heavy atom. The highest BCUT2D eigenvalue weighted by Crippen LogP contribution is 2.33. The molecule has 4 aromatic heterocycles. The fourth-order valence-electron chi connectivity index (χ4n) is 7.87. The van der Waals surface area contributed by atoms with Crippen molar-refractivity contribution in [1.82, 2.24) is 29.7 Å². The molecule has 0 aliphatic carbocycles. The molecule has 2 aliphatic rings. The lowest BCUT2D eigenvalue weighted by Crippen LogP contribution is -2.38. The highest BCUT2D eigenvalue weighted by atomic mass is 35.5. The number of halogens is 5. The molecule has 10 rings (SSSR count). The number of hydrogen-bond donors (Lipinski definition) is 4. The zero-order chi connectivity index (χ0) is 49.1. The van der Waals surface area contributed by atoms with E-state index in [1.807, 2.05) is 53.2 Å². The molecule has 2 unspecified atom stereocenters. The Morgan fingerprint density at radius 2 is 1.10 bits per heavy atom. The van der Waals surface area contributed by atoms with Crippen LogP contribution in [-0.4, -0.2) is 99.4 Å². The molecule has 20 heteroatoms. The Hall–Kier alpha value is -4.17. The van der Waals surface area contributed by atoms with E-state index in [2.05, 4.69) is 68.5 Å². The number of morpholine rings is 2. The van der Waals surface area contributed by atoms with Gasteiger partial charge in [0, 0.05) is 64.9 Å². The Labute approximate surface area is 440 Å². The zero-order valence-electron chi connectivity index (χ0n) is 38.3. The van der Waals surface area contributed by atoms with Crippen LogP contribution in [0.4, 0.5) is 11.6 Å². The van der Waals surface area contributed by atoms with E-state index in [0.717, 1.165) is 101 Å². The van der Waals surface area contributed by atoms with E-state index in [-0.39, 0.29) is 17.5 Å². The fraction of sp³-hybridized carbons (Fsp3) is 0.280. The Morgan fingerprint density at radius 3 is 1.59 bits per heavy atom. The van der Waals surface area contributed by atoms with Gasteiger partial charge in [-0.15, -0.1) is 22.7 Å². The number of benzene rings is 4. The van der Waals surface area contributed by atoms with Gasteiger partial charge in [0.05, 0.1) is 45.9 Å². The van der Waals surface area contributed by atoms with Gasteiger partial charge < -0.3 is 30.2 Å². The first-order valence-corrected chi connectivity index (χ1v) is 26.3. The minimum absolute atomic E-state index is 0.0913. The second kappa shape index (κ2) is 25.0. The standard InChI is InChI=1S/C25H24Cl2N4OS.C13H8Cl3N3S.C12H18BNO3/c1-2-31-10-11-32-22(15-31)16-3-5-17(6-4-16)24-29-21-9-12-33-23(21)25(30-24)28-14-18-7-8-19(26)13-20(18)27;14-8-2-1-7(9(15)5-8)6-17-12-11-10(3-4-20-11)18-13(16)19-12;1-2-14-7-8-17-12(9-14)10-3-5-11(6-4-10)13(15)16/h3-9,12-13,22H,2,10-11,14-15H2,1H3,(H,28,29,30);1-5H,6H2,(H,17,18,19);3-6,12,15-16H,2,7-9H2,1H3. The SMILES string of the molecule is CCN1CCOC(c2ccc(-c3nc(NCc4ccc(Cl)cc4Cl)c4sccc4n3)cc2)C1.CCN1CCOC(c2ccc(B(O)O)cc2)C1.Clc1ccc(CNc2nc(Cl)nc3ccsc23)c(Cl)c1. The molecular weight excluding hydrogens is 1030 g/mol. The Balaban J connectivity index is 0.000000152. The summed E-state index contributed by atoms with van der Waals surface area (Å²) in [4.78, 5) is 22.8. The summed E-state index contributed by atoms with van der Waals surface area (Å²) in [5.41, 5.74) is 7.42. The van der Waals surface area contributed by atoms with Crippen molar-refractivity contribution < 1.29 is 19.5 Å².